The van der Waals surface area contributed by atoms with Crippen LogP contribution in [0.5, 0.6) is 0 Å². The number of aryl methyl sites for hydroxylation is 1. The number of aromatic amines is 1. The van der Waals surface area contributed by atoms with Crippen molar-refractivity contribution in [3.05, 3.63) is 99.0 Å². The molecule has 2 aromatic heterocycles. The third-order valence-electron chi connectivity index (χ3n) is 5.73. The van der Waals surface area contributed by atoms with Crippen molar-refractivity contribution >= 4 is 21.5 Å². The highest BCUT2D eigenvalue weighted by Crippen LogP contribution is 2.26. The highest BCUT2D eigenvalue weighted by Gasteiger charge is 2.28. The largest absolute Gasteiger partial charge is 0.369 e. The summed E-state index contributed by atoms with van der Waals surface area (Å²) in [4.78, 5) is 28.2. The molecule has 0 fully saturated rings. The lowest BCUT2D eigenvalue weighted by Crippen LogP contribution is -2.39. The summed E-state index contributed by atoms with van der Waals surface area (Å²) in [5.74, 6) is 0.0980. The summed E-state index contributed by atoms with van der Waals surface area (Å²) < 4.78 is 30.6. The minimum Gasteiger partial charge on any atom is -0.369 e. The molecule has 4 aromatic rings. The molecule has 4 N–H and O–H groups in total. The van der Waals surface area contributed by atoms with Crippen LogP contribution in [0.3, 0.4) is 0 Å². The van der Waals surface area contributed by atoms with Crippen LogP contribution in [-0.2, 0) is 29.7 Å². The van der Waals surface area contributed by atoms with E-state index in [-0.39, 0.29) is 29.5 Å². The van der Waals surface area contributed by atoms with Gasteiger partial charge in [0, 0.05) is 32.9 Å². The number of benzene rings is 2. The van der Waals surface area contributed by atoms with Gasteiger partial charge in [-0.05, 0) is 24.1 Å². The fourth-order valence-electron chi connectivity index (χ4n) is 3.81. The Bertz CT molecular complexity index is 1560. The van der Waals surface area contributed by atoms with E-state index in [2.05, 4.69) is 20.6 Å². The van der Waals surface area contributed by atoms with Crippen molar-refractivity contribution in [1.29, 1.82) is 0 Å². The Morgan fingerprint density at radius 3 is 2.38 bits per heavy atom. The van der Waals surface area contributed by atoms with Crippen LogP contribution in [0.2, 0.25) is 0 Å². The SMILES string of the molecule is CN(c1c(NCCCn2cc(CN)nn2)n(Cc2ccccc2)c(=O)[nH]c1=O)S(=O)(=O)c1ccccc1. The van der Waals surface area contributed by atoms with Crippen molar-refractivity contribution in [1.82, 2.24) is 24.5 Å². The smallest absolute Gasteiger partial charge is 0.330 e. The van der Waals surface area contributed by atoms with Gasteiger partial charge in [0.15, 0.2) is 5.69 Å². The Hall–Kier alpha value is -4.23. The van der Waals surface area contributed by atoms with E-state index in [0.717, 1.165) is 9.87 Å². The number of nitrogens with two attached hydrogens (primary N) is 1. The normalized spacial score (nSPS) is 11.4. The third kappa shape index (κ3) is 5.78. The van der Waals surface area contributed by atoms with Gasteiger partial charge in [-0.25, -0.2) is 13.2 Å². The molecule has 0 atom stereocenters. The van der Waals surface area contributed by atoms with Crippen LogP contribution in [-0.4, -0.2) is 46.6 Å². The summed E-state index contributed by atoms with van der Waals surface area (Å²) >= 11 is 0. The fourth-order valence-corrected chi connectivity index (χ4v) is 5.04. The minimum absolute atomic E-state index is 0.0190. The molecule has 0 radical (unpaired) electrons. The van der Waals surface area contributed by atoms with Gasteiger partial charge in [0.05, 0.1) is 17.1 Å². The number of hydrogen-bond donors (Lipinski definition) is 3. The molecule has 0 spiro atoms. The van der Waals surface area contributed by atoms with Gasteiger partial charge in [-0.3, -0.25) is 23.3 Å². The molecule has 0 aliphatic heterocycles. The Morgan fingerprint density at radius 1 is 1.05 bits per heavy atom. The first-order valence-electron chi connectivity index (χ1n) is 11.6. The lowest BCUT2D eigenvalue weighted by Gasteiger charge is -2.24. The number of aromatic nitrogens is 5. The second kappa shape index (κ2) is 11.2. The van der Waals surface area contributed by atoms with E-state index >= 15 is 0 Å². The van der Waals surface area contributed by atoms with Gasteiger partial charge in [-0.1, -0.05) is 53.7 Å². The number of anilines is 2. The summed E-state index contributed by atoms with van der Waals surface area (Å²) in [6.45, 7) is 1.22. The van der Waals surface area contributed by atoms with Crippen LogP contribution in [0, 0.1) is 0 Å². The first kappa shape index (κ1) is 25.9. The summed E-state index contributed by atoms with van der Waals surface area (Å²) in [5, 5.41) is 11.1. The molecular formula is C24H28N8O4S. The van der Waals surface area contributed by atoms with Gasteiger partial charge in [-0.15, -0.1) is 5.10 Å². The number of H-pyrrole nitrogens is 1. The van der Waals surface area contributed by atoms with Crippen LogP contribution < -0.4 is 26.6 Å². The van der Waals surface area contributed by atoms with Crippen LogP contribution in [0.4, 0.5) is 11.5 Å². The number of rotatable bonds is 11. The van der Waals surface area contributed by atoms with Crippen molar-refractivity contribution < 1.29 is 8.42 Å². The highest BCUT2D eigenvalue weighted by atomic mass is 32.2. The van der Waals surface area contributed by atoms with E-state index in [1.165, 1.54) is 23.7 Å². The molecule has 0 saturated carbocycles. The Morgan fingerprint density at radius 2 is 1.73 bits per heavy atom. The Balaban J connectivity index is 1.71. The van der Waals surface area contributed by atoms with Gasteiger partial charge < -0.3 is 11.1 Å². The minimum atomic E-state index is -4.09. The van der Waals surface area contributed by atoms with E-state index in [9.17, 15) is 18.0 Å². The van der Waals surface area contributed by atoms with E-state index in [1.54, 1.807) is 29.1 Å². The lowest BCUT2D eigenvalue weighted by atomic mass is 10.2. The van der Waals surface area contributed by atoms with Gasteiger partial charge in [-0.2, -0.15) is 0 Å². The topological polar surface area (TPSA) is 161 Å². The van der Waals surface area contributed by atoms with Crippen LogP contribution >= 0.6 is 0 Å². The molecule has 0 amide bonds. The Kier molecular flexibility index (Phi) is 7.84. The molecule has 4 rings (SSSR count). The van der Waals surface area contributed by atoms with Crippen molar-refractivity contribution in [2.24, 2.45) is 5.73 Å². The van der Waals surface area contributed by atoms with Crippen molar-refractivity contribution in [3.8, 4) is 0 Å². The molecule has 0 bridgehead atoms. The summed E-state index contributed by atoms with van der Waals surface area (Å²) in [7, 11) is -2.80. The number of nitrogens with zero attached hydrogens (tertiary/aromatic N) is 5. The third-order valence-corrected chi connectivity index (χ3v) is 7.50. The van der Waals surface area contributed by atoms with Crippen molar-refractivity contribution in [3.63, 3.8) is 0 Å². The highest BCUT2D eigenvalue weighted by molar-refractivity contribution is 7.92. The fraction of sp³-hybridized carbons (Fsp3) is 0.250. The molecular weight excluding hydrogens is 496 g/mol. The summed E-state index contributed by atoms with van der Waals surface area (Å²) in [6, 6.07) is 17.0. The maximum absolute atomic E-state index is 13.4. The molecule has 12 nitrogen and oxygen atoms in total. The van der Waals surface area contributed by atoms with Crippen molar-refractivity contribution in [2.45, 2.75) is 31.0 Å². The molecule has 0 saturated heterocycles. The standard InChI is InChI=1S/C24H28N8O4S/c1-30(37(35,36)20-11-6-3-7-12-20)21-22(26-13-8-14-31-17-19(15-25)28-29-31)32(24(34)27-23(21)33)16-18-9-4-2-5-10-18/h2-7,9-12,17,26H,8,13-16,25H2,1H3,(H,27,33,34). The van der Waals surface area contributed by atoms with Gasteiger partial charge >= 0.3 is 5.69 Å². The van der Waals surface area contributed by atoms with Gasteiger partial charge in [0.2, 0.25) is 0 Å². The first-order chi connectivity index (χ1) is 17.8. The van der Waals surface area contributed by atoms with E-state index in [4.69, 9.17) is 5.73 Å². The van der Waals surface area contributed by atoms with Gasteiger partial charge in [0.1, 0.15) is 5.82 Å². The molecule has 2 heterocycles. The second-order valence-corrected chi connectivity index (χ2v) is 10.2. The second-order valence-electron chi connectivity index (χ2n) is 8.27. The zero-order valence-electron chi connectivity index (χ0n) is 20.2. The van der Waals surface area contributed by atoms with E-state index < -0.39 is 21.3 Å². The monoisotopic (exact) mass is 524 g/mol. The average Bonchev–Trinajstić information content (AvgIpc) is 3.37. The molecule has 0 aliphatic rings. The average molecular weight is 525 g/mol. The first-order valence-corrected chi connectivity index (χ1v) is 13.0. The number of sulfonamides is 1. The van der Waals surface area contributed by atoms with Crippen molar-refractivity contribution in [2.75, 3.05) is 23.2 Å². The van der Waals surface area contributed by atoms with Crippen LogP contribution in [0.15, 0.2) is 81.3 Å². The maximum atomic E-state index is 13.4. The zero-order chi connectivity index (χ0) is 26.4. The molecule has 37 heavy (non-hydrogen) atoms. The Labute approximate surface area is 213 Å². The van der Waals surface area contributed by atoms with Crippen LogP contribution in [0.1, 0.15) is 17.7 Å². The van der Waals surface area contributed by atoms with E-state index in [0.29, 0.717) is 25.2 Å². The number of hydrogen-bond acceptors (Lipinski definition) is 8. The molecule has 0 unspecified atom stereocenters. The molecule has 13 heteroatoms. The molecule has 194 valence electrons. The van der Waals surface area contributed by atoms with Gasteiger partial charge in [0.25, 0.3) is 15.6 Å². The molecule has 2 aromatic carbocycles. The lowest BCUT2D eigenvalue weighted by molar-refractivity contribution is 0.568. The number of nitrogens with one attached hydrogen (secondary N) is 2. The summed E-state index contributed by atoms with van der Waals surface area (Å²) in [6.07, 6.45) is 2.29. The van der Waals surface area contributed by atoms with Crippen LogP contribution in [0.25, 0.3) is 0 Å². The predicted octanol–water partition coefficient (Wildman–Crippen LogP) is 0.962. The molecule has 0 aliphatic carbocycles. The zero-order valence-corrected chi connectivity index (χ0v) is 21.1. The quantitative estimate of drug-likeness (QED) is 0.245. The van der Waals surface area contributed by atoms with E-state index in [1.807, 2.05) is 30.3 Å². The maximum Gasteiger partial charge on any atom is 0.330 e. The summed E-state index contributed by atoms with van der Waals surface area (Å²) in [5.41, 5.74) is 5.38. The predicted molar refractivity (Wildman–Crippen MR) is 140 cm³/mol.